The Balaban J connectivity index is 2.20. The second kappa shape index (κ2) is 5.67. The molecule has 0 aromatic carbocycles. The molecule has 4 nitrogen and oxygen atoms in total. The standard InChI is InChI=1S/C14H20N4/c1-4-6-16-14-17-12(3)9-18(14)10-13-8-15-7-5-11(13)2/h5,7-9H,4,6,10H2,1-3H3,(H,16,17). The number of rotatable bonds is 5. The number of hydrogen-bond donors (Lipinski definition) is 1. The third-order valence-corrected chi connectivity index (χ3v) is 2.92. The third kappa shape index (κ3) is 2.88. The van der Waals surface area contributed by atoms with Crippen molar-refractivity contribution in [2.24, 2.45) is 0 Å². The lowest BCUT2D eigenvalue weighted by Gasteiger charge is -2.10. The first kappa shape index (κ1) is 12.6. The van der Waals surface area contributed by atoms with Gasteiger partial charge in [-0.2, -0.15) is 0 Å². The molecule has 0 aliphatic heterocycles. The predicted octanol–water partition coefficient (Wildman–Crippen LogP) is 2.77. The number of nitrogens with one attached hydrogen (secondary N) is 1. The lowest BCUT2D eigenvalue weighted by Crippen LogP contribution is -2.09. The fourth-order valence-electron chi connectivity index (χ4n) is 1.89. The third-order valence-electron chi connectivity index (χ3n) is 2.92. The Morgan fingerprint density at radius 2 is 2.17 bits per heavy atom. The minimum absolute atomic E-state index is 0.812. The molecule has 0 fully saturated rings. The molecule has 18 heavy (non-hydrogen) atoms. The van der Waals surface area contributed by atoms with Crippen LogP contribution in [0, 0.1) is 13.8 Å². The van der Waals surface area contributed by atoms with Crippen LogP contribution in [0.1, 0.15) is 30.2 Å². The summed E-state index contributed by atoms with van der Waals surface area (Å²) >= 11 is 0. The maximum absolute atomic E-state index is 4.51. The Labute approximate surface area is 108 Å². The monoisotopic (exact) mass is 244 g/mol. The summed E-state index contributed by atoms with van der Waals surface area (Å²) in [6, 6.07) is 2.04. The van der Waals surface area contributed by atoms with E-state index in [1.54, 1.807) is 0 Å². The normalized spacial score (nSPS) is 10.6. The SMILES string of the molecule is CCCNc1nc(C)cn1Cc1cnccc1C. The van der Waals surface area contributed by atoms with Gasteiger partial charge in [-0.1, -0.05) is 6.92 Å². The summed E-state index contributed by atoms with van der Waals surface area (Å²) in [6.45, 7) is 8.04. The zero-order valence-corrected chi connectivity index (χ0v) is 11.3. The Morgan fingerprint density at radius 1 is 1.33 bits per heavy atom. The molecule has 2 heterocycles. The molecule has 0 unspecified atom stereocenters. The van der Waals surface area contributed by atoms with Gasteiger partial charge in [-0.25, -0.2) is 4.98 Å². The van der Waals surface area contributed by atoms with Gasteiger partial charge in [0.25, 0.3) is 0 Å². The summed E-state index contributed by atoms with van der Waals surface area (Å²) in [5, 5.41) is 3.35. The summed E-state index contributed by atoms with van der Waals surface area (Å²) in [5.41, 5.74) is 3.53. The van der Waals surface area contributed by atoms with E-state index in [1.807, 2.05) is 25.4 Å². The van der Waals surface area contributed by atoms with E-state index in [0.717, 1.165) is 31.2 Å². The second-order valence-corrected chi connectivity index (χ2v) is 4.56. The number of nitrogens with zero attached hydrogens (tertiary/aromatic N) is 3. The summed E-state index contributed by atoms with van der Waals surface area (Å²) in [4.78, 5) is 8.69. The van der Waals surface area contributed by atoms with Crippen molar-refractivity contribution in [2.45, 2.75) is 33.7 Å². The Kier molecular flexibility index (Phi) is 3.97. The molecule has 2 aromatic rings. The van der Waals surface area contributed by atoms with E-state index >= 15 is 0 Å². The van der Waals surface area contributed by atoms with Gasteiger partial charge in [0.2, 0.25) is 5.95 Å². The molecule has 2 rings (SSSR count). The summed E-state index contributed by atoms with van der Waals surface area (Å²) in [7, 11) is 0. The van der Waals surface area contributed by atoms with E-state index < -0.39 is 0 Å². The fourth-order valence-corrected chi connectivity index (χ4v) is 1.89. The highest BCUT2D eigenvalue weighted by Gasteiger charge is 2.06. The van der Waals surface area contributed by atoms with Gasteiger partial charge in [0.05, 0.1) is 12.2 Å². The van der Waals surface area contributed by atoms with Crippen molar-refractivity contribution in [3.05, 3.63) is 41.5 Å². The molecule has 0 amide bonds. The van der Waals surface area contributed by atoms with Gasteiger partial charge in [-0.15, -0.1) is 0 Å². The topological polar surface area (TPSA) is 42.7 Å². The Morgan fingerprint density at radius 3 is 2.89 bits per heavy atom. The highest BCUT2D eigenvalue weighted by molar-refractivity contribution is 5.31. The van der Waals surface area contributed by atoms with Crippen molar-refractivity contribution >= 4 is 5.95 Å². The molecule has 0 saturated carbocycles. The van der Waals surface area contributed by atoms with Crippen LogP contribution in [0.15, 0.2) is 24.7 Å². The van der Waals surface area contributed by atoms with Gasteiger partial charge in [0.1, 0.15) is 0 Å². The van der Waals surface area contributed by atoms with Crippen molar-refractivity contribution in [2.75, 3.05) is 11.9 Å². The first-order chi connectivity index (χ1) is 8.70. The molecule has 0 saturated heterocycles. The summed E-state index contributed by atoms with van der Waals surface area (Å²) in [5.74, 6) is 0.942. The van der Waals surface area contributed by atoms with Crippen LogP contribution in [-0.4, -0.2) is 21.1 Å². The van der Waals surface area contributed by atoms with Gasteiger partial charge in [0, 0.05) is 25.1 Å². The second-order valence-electron chi connectivity index (χ2n) is 4.56. The van der Waals surface area contributed by atoms with Crippen LogP contribution in [0.25, 0.3) is 0 Å². The van der Waals surface area contributed by atoms with E-state index in [1.165, 1.54) is 11.1 Å². The highest BCUT2D eigenvalue weighted by Crippen LogP contribution is 2.13. The molecule has 0 atom stereocenters. The number of hydrogen-bond acceptors (Lipinski definition) is 3. The molecule has 0 aliphatic rings. The maximum Gasteiger partial charge on any atom is 0.203 e. The van der Waals surface area contributed by atoms with Crippen LogP contribution in [0.5, 0.6) is 0 Å². The van der Waals surface area contributed by atoms with Crippen LogP contribution >= 0.6 is 0 Å². The molecule has 1 N–H and O–H groups in total. The average Bonchev–Trinajstić information content (AvgIpc) is 2.70. The zero-order chi connectivity index (χ0) is 13.0. The van der Waals surface area contributed by atoms with Crippen molar-refractivity contribution in [3.63, 3.8) is 0 Å². The van der Waals surface area contributed by atoms with E-state index in [2.05, 4.69) is 39.9 Å². The fraction of sp³-hybridized carbons (Fsp3) is 0.429. The van der Waals surface area contributed by atoms with Crippen molar-refractivity contribution in [3.8, 4) is 0 Å². The van der Waals surface area contributed by atoms with Crippen LogP contribution in [-0.2, 0) is 6.54 Å². The predicted molar refractivity (Wildman–Crippen MR) is 73.8 cm³/mol. The van der Waals surface area contributed by atoms with Crippen LogP contribution in [0.3, 0.4) is 0 Å². The quantitative estimate of drug-likeness (QED) is 0.879. The number of anilines is 1. The molecule has 0 aliphatic carbocycles. The minimum atomic E-state index is 0.812. The molecule has 0 bridgehead atoms. The van der Waals surface area contributed by atoms with Crippen LogP contribution in [0.4, 0.5) is 5.95 Å². The lowest BCUT2D eigenvalue weighted by molar-refractivity contribution is 0.784. The number of aromatic nitrogens is 3. The lowest BCUT2D eigenvalue weighted by atomic mass is 10.1. The van der Waals surface area contributed by atoms with Gasteiger partial charge >= 0.3 is 0 Å². The van der Waals surface area contributed by atoms with Gasteiger partial charge in [-0.05, 0) is 37.5 Å². The highest BCUT2D eigenvalue weighted by atomic mass is 15.2. The van der Waals surface area contributed by atoms with Crippen molar-refractivity contribution in [1.82, 2.24) is 14.5 Å². The van der Waals surface area contributed by atoms with E-state index in [9.17, 15) is 0 Å². The minimum Gasteiger partial charge on any atom is -0.356 e. The summed E-state index contributed by atoms with van der Waals surface area (Å²) in [6.07, 6.45) is 6.92. The smallest absolute Gasteiger partial charge is 0.203 e. The number of aryl methyl sites for hydroxylation is 2. The van der Waals surface area contributed by atoms with E-state index in [4.69, 9.17) is 0 Å². The molecular formula is C14H20N4. The largest absolute Gasteiger partial charge is 0.356 e. The van der Waals surface area contributed by atoms with E-state index in [0.29, 0.717) is 0 Å². The van der Waals surface area contributed by atoms with Gasteiger partial charge in [0.15, 0.2) is 0 Å². The summed E-state index contributed by atoms with van der Waals surface area (Å²) < 4.78 is 2.15. The Bertz CT molecular complexity index is 516. The van der Waals surface area contributed by atoms with Crippen LogP contribution in [0.2, 0.25) is 0 Å². The zero-order valence-electron chi connectivity index (χ0n) is 11.3. The first-order valence-electron chi connectivity index (χ1n) is 6.38. The van der Waals surface area contributed by atoms with Crippen LogP contribution < -0.4 is 5.32 Å². The van der Waals surface area contributed by atoms with Gasteiger partial charge < -0.3 is 9.88 Å². The average molecular weight is 244 g/mol. The van der Waals surface area contributed by atoms with Crippen molar-refractivity contribution in [1.29, 1.82) is 0 Å². The maximum atomic E-state index is 4.51. The molecular weight excluding hydrogens is 224 g/mol. The number of imidazole rings is 1. The molecule has 2 aromatic heterocycles. The molecule has 4 heteroatoms. The van der Waals surface area contributed by atoms with E-state index in [-0.39, 0.29) is 0 Å². The van der Waals surface area contributed by atoms with Gasteiger partial charge in [-0.3, -0.25) is 4.98 Å². The molecule has 96 valence electrons. The molecule has 0 radical (unpaired) electrons. The first-order valence-corrected chi connectivity index (χ1v) is 6.38. The molecule has 0 spiro atoms. The van der Waals surface area contributed by atoms with Crippen molar-refractivity contribution < 1.29 is 0 Å². The Hall–Kier alpha value is -1.84. The number of pyridine rings is 1.